The maximum atomic E-state index is 11.3. The van der Waals surface area contributed by atoms with Gasteiger partial charge in [-0.2, -0.15) is 0 Å². The monoisotopic (exact) mass is 258 g/mol. The summed E-state index contributed by atoms with van der Waals surface area (Å²) in [6.45, 7) is 0.0458. The summed E-state index contributed by atoms with van der Waals surface area (Å²) in [7, 11) is 0. The first-order valence-electron chi connectivity index (χ1n) is 5.86. The van der Waals surface area contributed by atoms with Crippen molar-refractivity contribution >= 4 is 5.97 Å². The van der Waals surface area contributed by atoms with Crippen LogP contribution in [0.15, 0.2) is 54.6 Å². The number of carbonyl (C=O) groups is 1. The van der Waals surface area contributed by atoms with Crippen molar-refractivity contribution in [1.29, 1.82) is 0 Å². The smallest absolute Gasteiger partial charge is 0.314 e. The third-order valence-electron chi connectivity index (χ3n) is 2.75. The van der Waals surface area contributed by atoms with Crippen LogP contribution in [-0.4, -0.2) is 22.8 Å². The van der Waals surface area contributed by atoms with Crippen molar-refractivity contribution in [2.45, 2.75) is 5.92 Å². The zero-order valence-corrected chi connectivity index (χ0v) is 10.2. The van der Waals surface area contributed by atoms with Crippen molar-refractivity contribution in [2.24, 2.45) is 0 Å². The summed E-state index contributed by atoms with van der Waals surface area (Å²) in [6, 6.07) is 15.1. The minimum atomic E-state index is -0.926. The van der Waals surface area contributed by atoms with Crippen LogP contribution in [0.3, 0.4) is 0 Å². The highest BCUT2D eigenvalue weighted by Gasteiger charge is 2.20. The number of hydrogen-bond donors (Lipinski definition) is 2. The van der Waals surface area contributed by atoms with Gasteiger partial charge in [-0.25, -0.2) is 0 Å². The molecule has 0 aliphatic heterocycles. The highest BCUT2D eigenvalue weighted by Crippen LogP contribution is 2.20. The molecule has 0 amide bonds. The van der Waals surface area contributed by atoms with Crippen LogP contribution < -0.4 is 4.74 Å². The number of benzene rings is 2. The van der Waals surface area contributed by atoms with Gasteiger partial charge >= 0.3 is 5.97 Å². The molecule has 0 aromatic heterocycles. The average Bonchev–Trinajstić information content (AvgIpc) is 2.42. The van der Waals surface area contributed by atoms with Crippen molar-refractivity contribution in [1.82, 2.24) is 0 Å². The van der Waals surface area contributed by atoms with Gasteiger partial charge in [-0.15, -0.1) is 0 Å². The van der Waals surface area contributed by atoms with Gasteiger partial charge in [0.2, 0.25) is 0 Å². The summed E-state index contributed by atoms with van der Waals surface area (Å²) in [5.41, 5.74) is 0.703. The molecule has 0 saturated carbocycles. The van der Waals surface area contributed by atoms with Crippen LogP contribution in [-0.2, 0) is 4.79 Å². The van der Waals surface area contributed by atoms with Crippen molar-refractivity contribution in [3.8, 4) is 11.5 Å². The average molecular weight is 258 g/mol. The predicted molar refractivity (Wildman–Crippen MR) is 70.4 cm³/mol. The van der Waals surface area contributed by atoms with Crippen LogP contribution in [0.25, 0.3) is 0 Å². The molecular weight excluding hydrogens is 244 g/mol. The molecule has 4 heteroatoms. The number of phenols is 1. The van der Waals surface area contributed by atoms with Crippen LogP contribution >= 0.6 is 0 Å². The second-order valence-corrected chi connectivity index (χ2v) is 4.11. The fourth-order valence-corrected chi connectivity index (χ4v) is 1.72. The summed E-state index contributed by atoms with van der Waals surface area (Å²) in [6.07, 6.45) is 0. The van der Waals surface area contributed by atoms with Crippen molar-refractivity contribution in [3.63, 3.8) is 0 Å². The van der Waals surface area contributed by atoms with E-state index in [9.17, 15) is 9.90 Å². The van der Waals surface area contributed by atoms with Gasteiger partial charge in [0.25, 0.3) is 0 Å². The minimum absolute atomic E-state index is 0.0458. The van der Waals surface area contributed by atoms with E-state index in [0.717, 1.165) is 0 Å². The molecule has 98 valence electrons. The Bertz CT molecular complexity index is 534. The molecule has 4 nitrogen and oxygen atoms in total. The van der Waals surface area contributed by atoms with Crippen LogP contribution in [0.4, 0.5) is 0 Å². The van der Waals surface area contributed by atoms with E-state index in [1.807, 2.05) is 6.07 Å². The number of aromatic hydroxyl groups is 1. The molecule has 2 aromatic carbocycles. The molecule has 0 aliphatic carbocycles. The standard InChI is InChI=1S/C15H14O4/c16-12-6-8-13(9-7-12)19-10-14(15(17)18)11-4-2-1-3-5-11/h1-9,14,16H,10H2,(H,17,18). The lowest BCUT2D eigenvalue weighted by molar-refractivity contribution is -0.139. The minimum Gasteiger partial charge on any atom is -0.508 e. The SMILES string of the molecule is O=C(O)C(COc1ccc(O)cc1)c1ccccc1. The number of carboxylic acid groups (broad SMARTS) is 1. The summed E-state index contributed by atoms with van der Waals surface area (Å²) < 4.78 is 5.45. The maximum Gasteiger partial charge on any atom is 0.314 e. The molecule has 0 saturated heterocycles. The lowest BCUT2D eigenvalue weighted by Gasteiger charge is -2.14. The first-order chi connectivity index (χ1) is 9.16. The molecule has 0 aliphatic rings. The molecule has 2 N–H and O–H groups in total. The van der Waals surface area contributed by atoms with Gasteiger partial charge in [0.1, 0.15) is 24.0 Å². The Labute approximate surface area is 110 Å². The van der Waals surface area contributed by atoms with E-state index in [4.69, 9.17) is 9.84 Å². The molecule has 0 fully saturated rings. The van der Waals surface area contributed by atoms with Crippen LogP contribution in [0, 0.1) is 0 Å². The fraction of sp³-hybridized carbons (Fsp3) is 0.133. The largest absolute Gasteiger partial charge is 0.508 e. The molecule has 0 radical (unpaired) electrons. The van der Waals surface area contributed by atoms with Gasteiger partial charge in [0, 0.05) is 0 Å². The van der Waals surface area contributed by atoms with E-state index in [1.165, 1.54) is 12.1 Å². The Morgan fingerprint density at radius 3 is 2.26 bits per heavy atom. The van der Waals surface area contributed by atoms with Gasteiger partial charge in [-0.3, -0.25) is 4.79 Å². The summed E-state index contributed by atoms with van der Waals surface area (Å²) >= 11 is 0. The van der Waals surface area contributed by atoms with Gasteiger partial charge in [-0.05, 0) is 29.8 Å². The Morgan fingerprint density at radius 1 is 1.05 bits per heavy atom. The molecule has 19 heavy (non-hydrogen) atoms. The van der Waals surface area contributed by atoms with Crippen LogP contribution in [0.1, 0.15) is 11.5 Å². The number of aliphatic carboxylic acids is 1. The number of ether oxygens (including phenoxy) is 1. The second-order valence-electron chi connectivity index (χ2n) is 4.11. The normalized spacial score (nSPS) is 11.8. The van der Waals surface area contributed by atoms with Crippen molar-refractivity contribution in [2.75, 3.05) is 6.61 Å². The first kappa shape index (κ1) is 13.0. The molecule has 1 unspecified atom stereocenters. The van der Waals surface area contributed by atoms with Gasteiger partial charge < -0.3 is 14.9 Å². The summed E-state index contributed by atoms with van der Waals surface area (Å²) in [5.74, 6) is -0.967. The predicted octanol–water partition coefficient (Wildman–Crippen LogP) is 2.64. The Kier molecular flexibility index (Phi) is 4.03. The van der Waals surface area contributed by atoms with E-state index in [2.05, 4.69) is 0 Å². The first-order valence-corrected chi connectivity index (χ1v) is 5.86. The number of rotatable bonds is 5. The lowest BCUT2D eigenvalue weighted by Crippen LogP contribution is -2.19. The third kappa shape index (κ3) is 3.48. The van der Waals surface area contributed by atoms with E-state index in [0.29, 0.717) is 11.3 Å². The van der Waals surface area contributed by atoms with E-state index >= 15 is 0 Å². The fourth-order valence-electron chi connectivity index (χ4n) is 1.72. The zero-order chi connectivity index (χ0) is 13.7. The van der Waals surface area contributed by atoms with E-state index in [-0.39, 0.29) is 12.4 Å². The highest BCUT2D eigenvalue weighted by molar-refractivity contribution is 5.76. The Hall–Kier alpha value is -2.49. The molecule has 0 spiro atoms. The number of phenolic OH excluding ortho intramolecular Hbond substituents is 1. The number of carboxylic acids is 1. The van der Waals surface area contributed by atoms with Crippen LogP contribution in [0.5, 0.6) is 11.5 Å². The third-order valence-corrected chi connectivity index (χ3v) is 2.75. The molecule has 0 heterocycles. The lowest BCUT2D eigenvalue weighted by atomic mass is 10.0. The van der Waals surface area contributed by atoms with Gasteiger partial charge in [0.05, 0.1) is 0 Å². The van der Waals surface area contributed by atoms with E-state index in [1.54, 1.807) is 36.4 Å². The molecule has 0 bridgehead atoms. The van der Waals surface area contributed by atoms with Crippen LogP contribution in [0.2, 0.25) is 0 Å². The molecular formula is C15H14O4. The Morgan fingerprint density at radius 2 is 1.68 bits per heavy atom. The molecule has 1 atom stereocenters. The zero-order valence-electron chi connectivity index (χ0n) is 10.2. The van der Waals surface area contributed by atoms with Crippen molar-refractivity contribution in [3.05, 3.63) is 60.2 Å². The van der Waals surface area contributed by atoms with Crippen molar-refractivity contribution < 1.29 is 19.7 Å². The topological polar surface area (TPSA) is 66.8 Å². The van der Waals surface area contributed by atoms with Gasteiger partial charge in [0.15, 0.2) is 0 Å². The quantitative estimate of drug-likeness (QED) is 0.865. The maximum absolute atomic E-state index is 11.3. The number of hydrogen-bond acceptors (Lipinski definition) is 3. The molecule has 2 rings (SSSR count). The second kappa shape index (κ2) is 5.91. The Balaban J connectivity index is 2.06. The molecule has 2 aromatic rings. The highest BCUT2D eigenvalue weighted by atomic mass is 16.5. The summed E-state index contributed by atoms with van der Waals surface area (Å²) in [4.78, 5) is 11.3. The van der Waals surface area contributed by atoms with E-state index < -0.39 is 11.9 Å². The van der Waals surface area contributed by atoms with Gasteiger partial charge in [-0.1, -0.05) is 30.3 Å². The summed E-state index contributed by atoms with van der Waals surface area (Å²) in [5, 5.41) is 18.4.